The summed E-state index contributed by atoms with van der Waals surface area (Å²) >= 11 is 0. The number of hydrogen-bond acceptors (Lipinski definition) is 6. The Morgan fingerprint density at radius 3 is 3.23 bits per heavy atom. The van der Waals surface area contributed by atoms with Gasteiger partial charge in [0.25, 0.3) is 0 Å². The molecule has 1 aromatic heterocycles. The molecule has 7 nitrogen and oxygen atoms in total. The number of nitriles is 1. The highest BCUT2D eigenvalue weighted by atomic mass is 16.2. The first-order valence-corrected chi connectivity index (χ1v) is 7.58. The molecule has 1 N–H and O–H groups in total. The van der Waals surface area contributed by atoms with Crippen LogP contribution < -0.4 is 10.2 Å². The molecule has 1 aliphatic rings. The maximum atomic E-state index is 11.9. The summed E-state index contributed by atoms with van der Waals surface area (Å²) in [5.74, 6) is 0.906. The van der Waals surface area contributed by atoms with Gasteiger partial charge in [0, 0.05) is 38.9 Å². The zero-order valence-corrected chi connectivity index (χ0v) is 12.9. The smallest absolute Gasteiger partial charge is 0.236 e. The van der Waals surface area contributed by atoms with Crippen molar-refractivity contribution in [3.63, 3.8) is 0 Å². The van der Waals surface area contributed by atoms with Gasteiger partial charge < -0.3 is 15.1 Å². The summed E-state index contributed by atoms with van der Waals surface area (Å²) in [5.41, 5.74) is 0. The average Bonchev–Trinajstić information content (AvgIpc) is 3.01. The summed E-state index contributed by atoms with van der Waals surface area (Å²) in [5, 5.41) is 19.8. The number of carbonyl (C=O) groups is 1. The number of rotatable bonds is 7. The molecular weight excluding hydrogens is 280 g/mol. The van der Waals surface area contributed by atoms with Crippen LogP contribution in [0.25, 0.3) is 0 Å². The largest absolute Gasteiger partial charge is 0.351 e. The molecular formula is C15H22N6O. The molecule has 0 bridgehead atoms. The molecule has 1 atom stereocenters. The summed E-state index contributed by atoms with van der Waals surface area (Å²) in [6.45, 7) is 2.49. The highest BCUT2D eigenvalue weighted by Gasteiger charge is 2.25. The van der Waals surface area contributed by atoms with Crippen LogP contribution in [0, 0.1) is 11.3 Å². The van der Waals surface area contributed by atoms with Crippen molar-refractivity contribution in [1.82, 2.24) is 20.4 Å². The van der Waals surface area contributed by atoms with Crippen LogP contribution in [0.3, 0.4) is 0 Å². The number of anilines is 1. The Labute approximate surface area is 130 Å². The topological polar surface area (TPSA) is 85.2 Å². The molecule has 0 aromatic carbocycles. The van der Waals surface area contributed by atoms with Gasteiger partial charge in [0.15, 0.2) is 5.82 Å². The van der Waals surface area contributed by atoms with Crippen molar-refractivity contribution in [3.8, 4) is 6.07 Å². The number of amides is 1. The van der Waals surface area contributed by atoms with E-state index in [0.717, 1.165) is 31.7 Å². The predicted molar refractivity (Wildman–Crippen MR) is 83.1 cm³/mol. The zero-order chi connectivity index (χ0) is 15.8. The Morgan fingerprint density at radius 2 is 2.50 bits per heavy atom. The summed E-state index contributed by atoms with van der Waals surface area (Å²) in [6, 6.07) is 6.24. The molecule has 1 amide bonds. The Hall–Kier alpha value is -2.20. The monoisotopic (exact) mass is 302 g/mol. The minimum absolute atomic E-state index is 0.0132. The highest BCUT2D eigenvalue weighted by Crippen LogP contribution is 2.22. The summed E-state index contributed by atoms with van der Waals surface area (Å²) in [4.78, 5) is 15.7. The second-order valence-electron chi connectivity index (χ2n) is 5.43. The zero-order valence-electron chi connectivity index (χ0n) is 12.9. The van der Waals surface area contributed by atoms with Crippen LogP contribution >= 0.6 is 0 Å². The second kappa shape index (κ2) is 8.29. The van der Waals surface area contributed by atoms with Gasteiger partial charge in [-0.05, 0) is 25.0 Å². The van der Waals surface area contributed by atoms with Crippen molar-refractivity contribution in [2.24, 2.45) is 0 Å². The van der Waals surface area contributed by atoms with E-state index >= 15 is 0 Å². The number of nitrogens with one attached hydrogen (secondary N) is 1. The van der Waals surface area contributed by atoms with Crippen molar-refractivity contribution in [2.45, 2.75) is 25.3 Å². The van der Waals surface area contributed by atoms with Crippen LogP contribution in [0.1, 0.15) is 19.3 Å². The second-order valence-corrected chi connectivity index (χ2v) is 5.43. The van der Waals surface area contributed by atoms with E-state index in [0.29, 0.717) is 25.6 Å². The Bertz CT molecular complexity index is 515. The fourth-order valence-corrected chi connectivity index (χ4v) is 2.62. The first-order valence-electron chi connectivity index (χ1n) is 7.58. The Kier molecular flexibility index (Phi) is 6.10. The first-order chi connectivity index (χ1) is 10.7. The van der Waals surface area contributed by atoms with Gasteiger partial charge in [0.2, 0.25) is 5.91 Å². The van der Waals surface area contributed by atoms with Gasteiger partial charge in [-0.2, -0.15) is 10.4 Å². The fourth-order valence-electron chi connectivity index (χ4n) is 2.62. The number of carbonyl (C=O) groups excluding carboxylic acids is 1. The van der Waals surface area contributed by atoms with E-state index < -0.39 is 0 Å². The summed E-state index contributed by atoms with van der Waals surface area (Å²) in [6.07, 6.45) is 4.24. The van der Waals surface area contributed by atoms with E-state index in [-0.39, 0.29) is 5.91 Å². The number of nitrogens with zero attached hydrogens (tertiary/aromatic N) is 5. The normalized spacial score (nSPS) is 17.3. The van der Waals surface area contributed by atoms with Gasteiger partial charge in [-0.3, -0.25) is 4.79 Å². The number of hydrogen-bond donors (Lipinski definition) is 1. The molecule has 2 rings (SSSR count). The average molecular weight is 302 g/mol. The molecule has 0 spiro atoms. The van der Waals surface area contributed by atoms with Gasteiger partial charge in [-0.15, -0.1) is 5.10 Å². The lowest BCUT2D eigenvalue weighted by Gasteiger charge is -2.25. The van der Waals surface area contributed by atoms with Crippen LogP contribution in [-0.4, -0.2) is 60.3 Å². The van der Waals surface area contributed by atoms with E-state index in [1.165, 1.54) is 0 Å². The summed E-state index contributed by atoms with van der Waals surface area (Å²) < 4.78 is 0. The van der Waals surface area contributed by atoms with E-state index in [4.69, 9.17) is 5.26 Å². The SMILES string of the molecule is CN(CCC#N)C(=O)CNCC1CCCN1c1cccnn1. The quantitative estimate of drug-likeness (QED) is 0.785. The van der Waals surface area contributed by atoms with Crippen molar-refractivity contribution in [2.75, 3.05) is 38.1 Å². The van der Waals surface area contributed by atoms with Crippen LogP contribution in [0.2, 0.25) is 0 Å². The van der Waals surface area contributed by atoms with Crippen molar-refractivity contribution in [3.05, 3.63) is 18.3 Å². The maximum Gasteiger partial charge on any atom is 0.236 e. The van der Waals surface area contributed by atoms with Crippen LogP contribution in [0.15, 0.2) is 18.3 Å². The predicted octanol–water partition coefficient (Wildman–Crippen LogP) is 0.407. The van der Waals surface area contributed by atoms with E-state index in [1.54, 1.807) is 18.1 Å². The molecule has 0 saturated carbocycles. The van der Waals surface area contributed by atoms with E-state index in [2.05, 4.69) is 20.4 Å². The van der Waals surface area contributed by atoms with Gasteiger partial charge in [-0.25, -0.2) is 0 Å². The molecule has 0 radical (unpaired) electrons. The van der Waals surface area contributed by atoms with Crippen LogP contribution in [0.4, 0.5) is 5.82 Å². The van der Waals surface area contributed by atoms with Gasteiger partial charge in [-0.1, -0.05) is 0 Å². The minimum atomic E-state index is 0.0132. The molecule has 7 heteroatoms. The molecule has 1 saturated heterocycles. The lowest BCUT2D eigenvalue weighted by Crippen LogP contribution is -2.42. The van der Waals surface area contributed by atoms with Crippen molar-refractivity contribution < 1.29 is 4.79 Å². The molecule has 0 aliphatic carbocycles. The molecule has 1 fully saturated rings. The summed E-state index contributed by atoms with van der Waals surface area (Å²) in [7, 11) is 1.72. The standard InChI is InChI=1S/C15H22N6O/c1-20(9-4-7-16)15(22)12-17-11-13-5-3-10-21(13)14-6-2-8-18-19-14/h2,6,8,13,17H,3-5,9-12H2,1H3. The third-order valence-electron chi connectivity index (χ3n) is 3.87. The number of aromatic nitrogens is 2. The highest BCUT2D eigenvalue weighted by molar-refractivity contribution is 5.77. The minimum Gasteiger partial charge on any atom is -0.351 e. The van der Waals surface area contributed by atoms with Crippen LogP contribution in [-0.2, 0) is 4.79 Å². The lowest BCUT2D eigenvalue weighted by molar-refractivity contribution is -0.128. The van der Waals surface area contributed by atoms with E-state index in [9.17, 15) is 4.79 Å². The van der Waals surface area contributed by atoms with Gasteiger partial charge in [0.1, 0.15) is 0 Å². The third-order valence-corrected chi connectivity index (χ3v) is 3.87. The molecule has 118 valence electrons. The van der Waals surface area contributed by atoms with Crippen molar-refractivity contribution >= 4 is 11.7 Å². The van der Waals surface area contributed by atoms with Crippen molar-refractivity contribution in [1.29, 1.82) is 5.26 Å². The molecule has 2 heterocycles. The molecule has 1 aliphatic heterocycles. The lowest BCUT2D eigenvalue weighted by atomic mass is 10.2. The fraction of sp³-hybridized carbons (Fsp3) is 0.600. The third kappa shape index (κ3) is 4.40. The Morgan fingerprint density at radius 1 is 1.64 bits per heavy atom. The number of likely N-dealkylation sites (N-methyl/N-ethyl adjacent to an activating group) is 1. The van der Waals surface area contributed by atoms with Gasteiger partial charge >= 0.3 is 0 Å². The molecule has 1 unspecified atom stereocenters. The first kappa shape index (κ1) is 16.2. The maximum absolute atomic E-state index is 11.9. The van der Waals surface area contributed by atoms with E-state index in [1.807, 2.05) is 18.2 Å². The van der Waals surface area contributed by atoms with Gasteiger partial charge in [0.05, 0.1) is 19.0 Å². The Balaban J connectivity index is 1.77. The van der Waals surface area contributed by atoms with Crippen LogP contribution in [0.5, 0.6) is 0 Å². The molecule has 22 heavy (non-hydrogen) atoms. The molecule has 1 aromatic rings.